The molecule has 0 aliphatic carbocycles. The van der Waals surface area contributed by atoms with E-state index in [-0.39, 0.29) is 24.2 Å². The second kappa shape index (κ2) is 6.99. The number of hydrogen-bond donors (Lipinski definition) is 0. The zero-order valence-electron chi connectivity index (χ0n) is 12.9. The fourth-order valence-electron chi connectivity index (χ4n) is 1.90. The summed E-state index contributed by atoms with van der Waals surface area (Å²) in [6.07, 6.45) is -4.79. The molecule has 25 heavy (non-hydrogen) atoms. The molecule has 0 unspecified atom stereocenters. The first-order valence-corrected chi connectivity index (χ1v) is 6.89. The number of nitrogens with zero attached hydrogens (tertiary/aromatic N) is 2. The second-order valence-corrected chi connectivity index (χ2v) is 4.70. The van der Waals surface area contributed by atoms with Crippen LogP contribution in [0.2, 0.25) is 0 Å². The maximum Gasteiger partial charge on any atom is 0.437 e. The number of alkyl halides is 3. The van der Waals surface area contributed by atoms with Gasteiger partial charge in [0.25, 0.3) is 0 Å². The Kier molecular flexibility index (Phi) is 5.19. The molecule has 0 saturated heterocycles. The number of carbonyl (C=O) groups excluding carboxylic acids is 1. The first kappa shape index (κ1) is 18.6. The number of carbonyl (C=O) groups is 1. The molecule has 0 radical (unpaired) electrons. The minimum Gasteiger partial charge on any atom is -0.462 e. The zero-order chi connectivity index (χ0) is 18.8. The molecule has 5 nitrogen and oxygen atoms in total. The summed E-state index contributed by atoms with van der Waals surface area (Å²) >= 11 is 0. The summed E-state index contributed by atoms with van der Waals surface area (Å²) in [5.74, 6) is -5.07. The van der Waals surface area contributed by atoms with Gasteiger partial charge in [-0.1, -0.05) is 0 Å². The lowest BCUT2D eigenvalue weighted by molar-refractivity contribution is -0.142. The first-order chi connectivity index (χ1) is 11.6. The molecule has 2 aromatic rings. The largest absolute Gasteiger partial charge is 0.462 e. The molecule has 2 heterocycles. The summed E-state index contributed by atoms with van der Waals surface area (Å²) in [4.78, 5) is 18.2. The third-order valence-electron chi connectivity index (χ3n) is 2.95. The Morgan fingerprint density at radius 1 is 1.24 bits per heavy atom. The monoisotopic (exact) mass is 362 g/mol. The fourth-order valence-corrected chi connectivity index (χ4v) is 1.90. The van der Waals surface area contributed by atoms with E-state index in [0.717, 1.165) is 12.1 Å². The average Bonchev–Trinajstić information content (AvgIpc) is 2.49. The van der Waals surface area contributed by atoms with Gasteiger partial charge in [-0.05, 0) is 26.0 Å². The van der Waals surface area contributed by atoms with E-state index < -0.39 is 40.9 Å². The third kappa shape index (κ3) is 4.01. The quantitative estimate of drug-likeness (QED) is 0.467. The van der Waals surface area contributed by atoms with Crippen LogP contribution in [0.5, 0.6) is 11.5 Å². The predicted octanol–water partition coefficient (Wildman–Crippen LogP) is 4.05. The molecule has 2 aromatic heterocycles. The molecular weight excluding hydrogens is 351 g/mol. The number of aryl methyl sites for hydroxylation is 1. The molecule has 0 atom stereocenters. The molecule has 0 saturated carbocycles. The van der Waals surface area contributed by atoms with Crippen LogP contribution < -0.4 is 4.74 Å². The highest BCUT2D eigenvalue weighted by molar-refractivity contribution is 5.93. The molecule has 0 aliphatic rings. The molecule has 2 rings (SSSR count). The van der Waals surface area contributed by atoms with Crippen LogP contribution in [0.25, 0.3) is 0 Å². The molecule has 0 amide bonds. The molecule has 0 bridgehead atoms. The molecular formula is C15H11F5N2O3. The third-order valence-corrected chi connectivity index (χ3v) is 2.95. The van der Waals surface area contributed by atoms with Crippen molar-refractivity contribution in [3.8, 4) is 11.5 Å². The lowest BCUT2D eigenvalue weighted by atomic mass is 10.1. The molecule has 0 aromatic carbocycles. The van der Waals surface area contributed by atoms with Crippen molar-refractivity contribution in [3.63, 3.8) is 0 Å². The van der Waals surface area contributed by atoms with Gasteiger partial charge in [-0.2, -0.15) is 17.6 Å². The smallest absolute Gasteiger partial charge is 0.437 e. The Balaban J connectivity index is 2.66. The van der Waals surface area contributed by atoms with E-state index in [4.69, 9.17) is 4.74 Å². The minimum atomic E-state index is -5.04. The van der Waals surface area contributed by atoms with E-state index in [2.05, 4.69) is 14.7 Å². The van der Waals surface area contributed by atoms with E-state index in [1.54, 1.807) is 0 Å². The van der Waals surface area contributed by atoms with Gasteiger partial charge in [0.15, 0.2) is 17.3 Å². The number of pyridine rings is 2. The van der Waals surface area contributed by atoms with Crippen LogP contribution >= 0.6 is 0 Å². The molecule has 134 valence electrons. The van der Waals surface area contributed by atoms with Crippen LogP contribution in [0.3, 0.4) is 0 Å². The van der Waals surface area contributed by atoms with Gasteiger partial charge in [-0.3, -0.25) is 0 Å². The van der Waals surface area contributed by atoms with Crippen LogP contribution in [0, 0.1) is 18.7 Å². The highest BCUT2D eigenvalue weighted by Crippen LogP contribution is 2.40. The maximum absolute atomic E-state index is 14.0. The Hall–Kier alpha value is -2.78. The summed E-state index contributed by atoms with van der Waals surface area (Å²) < 4.78 is 76.2. The Morgan fingerprint density at radius 3 is 2.48 bits per heavy atom. The zero-order valence-corrected chi connectivity index (χ0v) is 12.9. The molecule has 0 N–H and O–H groups in total. The van der Waals surface area contributed by atoms with Gasteiger partial charge in [0.1, 0.15) is 11.3 Å². The van der Waals surface area contributed by atoms with Crippen LogP contribution in [0.1, 0.15) is 28.7 Å². The van der Waals surface area contributed by atoms with Crippen LogP contribution in [0.15, 0.2) is 18.3 Å². The Morgan fingerprint density at radius 2 is 1.92 bits per heavy atom. The van der Waals surface area contributed by atoms with Crippen LogP contribution in [-0.4, -0.2) is 22.5 Å². The van der Waals surface area contributed by atoms with Crippen molar-refractivity contribution in [2.24, 2.45) is 0 Å². The summed E-state index contributed by atoms with van der Waals surface area (Å²) in [5, 5.41) is 0. The van der Waals surface area contributed by atoms with Gasteiger partial charge in [0.2, 0.25) is 5.95 Å². The second-order valence-electron chi connectivity index (χ2n) is 4.70. The van der Waals surface area contributed by atoms with E-state index in [9.17, 15) is 26.7 Å². The Bertz CT molecular complexity index is 808. The molecule has 0 fully saturated rings. The van der Waals surface area contributed by atoms with Crippen molar-refractivity contribution in [1.29, 1.82) is 0 Å². The number of halogens is 5. The van der Waals surface area contributed by atoms with Crippen molar-refractivity contribution in [1.82, 2.24) is 9.97 Å². The van der Waals surface area contributed by atoms with E-state index in [1.165, 1.54) is 13.8 Å². The van der Waals surface area contributed by atoms with Crippen molar-refractivity contribution >= 4 is 5.97 Å². The molecule has 10 heteroatoms. The molecule has 0 aliphatic heterocycles. The van der Waals surface area contributed by atoms with E-state index in [1.807, 2.05) is 0 Å². The van der Waals surface area contributed by atoms with Gasteiger partial charge in [0.05, 0.1) is 18.5 Å². The molecule has 0 spiro atoms. The van der Waals surface area contributed by atoms with Crippen LogP contribution in [0.4, 0.5) is 22.0 Å². The first-order valence-electron chi connectivity index (χ1n) is 6.89. The van der Waals surface area contributed by atoms with Crippen molar-refractivity contribution < 1.29 is 36.2 Å². The van der Waals surface area contributed by atoms with Crippen molar-refractivity contribution in [3.05, 3.63) is 47.0 Å². The van der Waals surface area contributed by atoms with Gasteiger partial charge in [-0.15, -0.1) is 0 Å². The van der Waals surface area contributed by atoms with Gasteiger partial charge < -0.3 is 9.47 Å². The van der Waals surface area contributed by atoms with E-state index >= 15 is 0 Å². The van der Waals surface area contributed by atoms with E-state index in [0.29, 0.717) is 0 Å². The topological polar surface area (TPSA) is 61.3 Å². The standard InChI is InChI=1S/C15H11F5N2O3/c1-3-24-14(23)11-8(16)6-21-13(15(18,19)20)12(11)25-9-4-5-10(17)22-7(9)2/h4-6H,3H2,1-2H3. The lowest BCUT2D eigenvalue weighted by Gasteiger charge is -2.17. The number of esters is 1. The number of rotatable bonds is 4. The highest BCUT2D eigenvalue weighted by Gasteiger charge is 2.40. The lowest BCUT2D eigenvalue weighted by Crippen LogP contribution is -2.17. The van der Waals surface area contributed by atoms with Crippen molar-refractivity contribution in [2.45, 2.75) is 20.0 Å². The predicted molar refractivity (Wildman–Crippen MR) is 74.2 cm³/mol. The minimum absolute atomic E-state index is 0.104. The van der Waals surface area contributed by atoms with Crippen LogP contribution in [-0.2, 0) is 10.9 Å². The number of hydrogen-bond acceptors (Lipinski definition) is 5. The normalized spacial score (nSPS) is 11.3. The Labute approximate surface area is 138 Å². The summed E-state index contributed by atoms with van der Waals surface area (Å²) in [6.45, 7) is 2.47. The van der Waals surface area contributed by atoms with Crippen molar-refractivity contribution in [2.75, 3.05) is 6.61 Å². The maximum atomic E-state index is 14.0. The summed E-state index contributed by atoms with van der Waals surface area (Å²) in [5.41, 5.74) is -2.79. The van der Waals surface area contributed by atoms with Gasteiger partial charge in [-0.25, -0.2) is 19.2 Å². The van der Waals surface area contributed by atoms with Gasteiger partial charge >= 0.3 is 12.1 Å². The fraction of sp³-hybridized carbons (Fsp3) is 0.267. The average molecular weight is 362 g/mol. The summed E-state index contributed by atoms with van der Waals surface area (Å²) in [6, 6.07) is 1.84. The highest BCUT2D eigenvalue weighted by atomic mass is 19.4. The SMILES string of the molecule is CCOC(=O)c1c(F)cnc(C(F)(F)F)c1Oc1ccc(F)nc1C. The van der Waals surface area contributed by atoms with Gasteiger partial charge in [0, 0.05) is 0 Å². The number of ether oxygens (including phenoxy) is 2. The number of aromatic nitrogens is 2. The summed E-state index contributed by atoms with van der Waals surface area (Å²) in [7, 11) is 0.